The summed E-state index contributed by atoms with van der Waals surface area (Å²) in [5, 5.41) is 11.4. The molecule has 0 aliphatic carbocycles. The van der Waals surface area contributed by atoms with Crippen molar-refractivity contribution in [2.45, 2.75) is 83.3 Å². The smallest absolute Gasteiger partial charge is 0.264 e. The molecule has 3 aromatic carbocycles. The predicted molar refractivity (Wildman–Crippen MR) is 207 cm³/mol. The van der Waals surface area contributed by atoms with Crippen LogP contribution in [0.1, 0.15) is 112 Å². The molecule has 14 heteroatoms. The number of amides is 6. The third kappa shape index (κ3) is 8.44. The summed E-state index contributed by atoms with van der Waals surface area (Å²) in [7, 11) is 0. The topological polar surface area (TPSA) is 186 Å². The van der Waals surface area contributed by atoms with Crippen LogP contribution < -0.4 is 21.3 Å². The number of benzene rings is 3. The monoisotopic (exact) mass is 746 g/mol. The number of unbranched alkanes of at least 4 members (excludes halogenated alkanes) is 4. The van der Waals surface area contributed by atoms with Crippen molar-refractivity contribution in [1.82, 2.24) is 30.4 Å². The minimum Gasteiger partial charge on any atom is -0.384 e. The molecule has 0 saturated carbocycles. The van der Waals surface area contributed by atoms with E-state index in [0.29, 0.717) is 41.6 Å². The lowest BCUT2D eigenvalue weighted by Gasteiger charge is -2.27. The number of piperidine rings is 1. The van der Waals surface area contributed by atoms with Gasteiger partial charge in [0.05, 0.1) is 28.7 Å². The third-order valence-corrected chi connectivity index (χ3v) is 10.7. The summed E-state index contributed by atoms with van der Waals surface area (Å²) in [6.07, 6.45) is 7.08. The van der Waals surface area contributed by atoms with Gasteiger partial charge in [0, 0.05) is 48.1 Å². The van der Waals surface area contributed by atoms with Crippen molar-refractivity contribution in [3.05, 3.63) is 88.7 Å². The van der Waals surface area contributed by atoms with Crippen molar-refractivity contribution >= 4 is 57.9 Å². The number of carbonyl (C=O) groups is 6. The van der Waals surface area contributed by atoms with Gasteiger partial charge in [-0.1, -0.05) is 25.3 Å². The van der Waals surface area contributed by atoms with Crippen LogP contribution in [-0.4, -0.2) is 86.9 Å². The second-order valence-corrected chi connectivity index (χ2v) is 14.5. The Hall–Kier alpha value is -5.89. The van der Waals surface area contributed by atoms with Crippen LogP contribution in [0.15, 0.2) is 60.7 Å². The van der Waals surface area contributed by atoms with Gasteiger partial charge in [-0.2, -0.15) is 0 Å². The molecule has 0 bridgehead atoms. The van der Waals surface area contributed by atoms with Gasteiger partial charge in [0.25, 0.3) is 23.6 Å². The number of imide groups is 2. The zero-order chi connectivity index (χ0) is 38.5. The van der Waals surface area contributed by atoms with Gasteiger partial charge in [0.1, 0.15) is 11.9 Å². The maximum Gasteiger partial charge on any atom is 0.264 e. The van der Waals surface area contributed by atoms with Gasteiger partial charge in [-0.05, 0) is 100 Å². The summed E-state index contributed by atoms with van der Waals surface area (Å²) in [6, 6.07) is 16.8. The normalized spacial score (nSPS) is 18.5. The summed E-state index contributed by atoms with van der Waals surface area (Å²) in [4.78, 5) is 87.5. The number of anilines is 2. The minimum atomic E-state index is -1.000. The number of hydrogen-bond donors (Lipinski definition) is 5. The van der Waals surface area contributed by atoms with Crippen LogP contribution in [0.25, 0.3) is 11.0 Å². The number of H-pyrrole nitrogens is 1. The Labute approximate surface area is 318 Å². The first kappa shape index (κ1) is 37.4. The van der Waals surface area contributed by atoms with E-state index in [1.54, 1.807) is 42.5 Å². The van der Waals surface area contributed by atoms with Crippen molar-refractivity contribution < 1.29 is 28.8 Å². The van der Waals surface area contributed by atoms with Gasteiger partial charge < -0.3 is 20.9 Å². The first-order valence-corrected chi connectivity index (χ1v) is 19.2. The number of fused-ring (bicyclic) bond motifs is 2. The summed E-state index contributed by atoms with van der Waals surface area (Å²) in [5.74, 6) is -1.64. The number of aromatic amines is 1. The molecule has 4 aromatic rings. The van der Waals surface area contributed by atoms with Crippen LogP contribution in [0.5, 0.6) is 0 Å². The lowest BCUT2D eigenvalue weighted by Crippen LogP contribution is -2.54. The van der Waals surface area contributed by atoms with E-state index in [1.165, 1.54) is 12.8 Å². The van der Waals surface area contributed by atoms with Crippen LogP contribution in [0.2, 0.25) is 0 Å². The van der Waals surface area contributed by atoms with Crippen molar-refractivity contribution in [2.75, 3.05) is 30.3 Å². The average molecular weight is 747 g/mol. The highest BCUT2D eigenvalue weighted by Gasteiger charge is 2.45. The fraction of sp³-hybridized carbons (Fsp3) is 0.390. The van der Waals surface area contributed by atoms with Crippen LogP contribution in [0, 0.1) is 0 Å². The molecule has 286 valence electrons. The standard InChI is InChI=1S/C41H46N8O6/c1-25-9-8-22-48(25)24-34-45-30-17-16-28(23-32(30)46-34)44-38(52)27-14-12-26(13-15-27)37(51)43-21-6-4-2-3-5-20-42-31-11-7-10-29-36(31)41(55)49(40(29)54)33-18-19-35(50)47-39(33)53/h7,10-17,23,25,33,42H,2-6,8-9,18-22,24H2,1H3,(H,43,51)(H,44,52)(H,45,46)(H,47,50,53)/t25-,33?/m0/s1. The Bertz CT molecular complexity index is 2130. The quantitative estimate of drug-likeness (QED) is 0.0826. The number of hydrogen-bond acceptors (Lipinski definition) is 9. The Morgan fingerprint density at radius 3 is 2.35 bits per heavy atom. The predicted octanol–water partition coefficient (Wildman–Crippen LogP) is 4.99. The molecule has 3 aliphatic rings. The Kier molecular flexibility index (Phi) is 11.3. The van der Waals surface area contributed by atoms with Gasteiger partial charge in [0.2, 0.25) is 11.8 Å². The fourth-order valence-corrected chi connectivity index (χ4v) is 7.58. The molecule has 0 spiro atoms. The summed E-state index contributed by atoms with van der Waals surface area (Å²) in [6.45, 7) is 5.23. The lowest BCUT2D eigenvalue weighted by molar-refractivity contribution is -0.136. The number of aromatic nitrogens is 2. The molecule has 6 amide bonds. The van der Waals surface area contributed by atoms with E-state index in [2.05, 4.69) is 38.1 Å². The molecule has 7 rings (SSSR count). The molecule has 3 aliphatic heterocycles. The van der Waals surface area contributed by atoms with E-state index >= 15 is 0 Å². The van der Waals surface area contributed by atoms with Crippen LogP contribution in [0.4, 0.5) is 11.4 Å². The van der Waals surface area contributed by atoms with E-state index < -0.39 is 29.7 Å². The van der Waals surface area contributed by atoms with E-state index in [9.17, 15) is 28.8 Å². The molecule has 4 heterocycles. The maximum atomic E-state index is 13.3. The Morgan fingerprint density at radius 1 is 0.855 bits per heavy atom. The average Bonchev–Trinajstić information content (AvgIpc) is 3.85. The van der Waals surface area contributed by atoms with E-state index in [-0.39, 0.29) is 35.8 Å². The van der Waals surface area contributed by atoms with E-state index in [0.717, 1.165) is 67.0 Å². The minimum absolute atomic E-state index is 0.0722. The molecule has 14 nitrogen and oxygen atoms in total. The van der Waals surface area contributed by atoms with Gasteiger partial charge in [-0.15, -0.1) is 0 Å². The van der Waals surface area contributed by atoms with Crippen LogP contribution in [-0.2, 0) is 16.1 Å². The summed E-state index contributed by atoms with van der Waals surface area (Å²) < 4.78 is 0. The first-order valence-electron chi connectivity index (χ1n) is 19.2. The molecular weight excluding hydrogens is 701 g/mol. The molecular formula is C41H46N8O6. The maximum absolute atomic E-state index is 13.3. The second kappa shape index (κ2) is 16.6. The largest absolute Gasteiger partial charge is 0.384 e. The highest BCUT2D eigenvalue weighted by Crippen LogP contribution is 2.32. The molecule has 5 N–H and O–H groups in total. The molecule has 55 heavy (non-hydrogen) atoms. The second-order valence-electron chi connectivity index (χ2n) is 14.5. The summed E-state index contributed by atoms with van der Waals surface area (Å²) in [5.41, 5.74) is 4.36. The Morgan fingerprint density at radius 2 is 1.60 bits per heavy atom. The lowest BCUT2D eigenvalue weighted by atomic mass is 10.0. The highest BCUT2D eigenvalue weighted by atomic mass is 16.2. The van der Waals surface area contributed by atoms with E-state index in [1.807, 2.05) is 18.2 Å². The zero-order valence-electron chi connectivity index (χ0n) is 30.9. The third-order valence-electron chi connectivity index (χ3n) is 10.7. The Balaban J connectivity index is 0.791. The van der Waals surface area contributed by atoms with Crippen LogP contribution >= 0.6 is 0 Å². The van der Waals surface area contributed by atoms with Crippen molar-refractivity contribution in [3.8, 4) is 0 Å². The SMILES string of the molecule is C[C@H]1CCCN1Cc1nc2cc(NC(=O)c3ccc(C(=O)NCCCCCCCNc4cccc5c4C(=O)N(C4CCC(=O)NC4=O)C5=O)cc3)ccc2[nH]1. The molecule has 0 radical (unpaired) electrons. The molecule has 2 atom stereocenters. The number of rotatable bonds is 15. The van der Waals surface area contributed by atoms with E-state index in [4.69, 9.17) is 4.98 Å². The molecule has 1 unspecified atom stereocenters. The zero-order valence-corrected chi connectivity index (χ0v) is 30.9. The summed E-state index contributed by atoms with van der Waals surface area (Å²) >= 11 is 0. The van der Waals surface area contributed by atoms with Crippen molar-refractivity contribution in [2.24, 2.45) is 0 Å². The highest BCUT2D eigenvalue weighted by molar-refractivity contribution is 6.25. The molecule has 2 saturated heterocycles. The van der Waals surface area contributed by atoms with Gasteiger partial charge >= 0.3 is 0 Å². The van der Waals surface area contributed by atoms with Gasteiger partial charge in [0.15, 0.2) is 0 Å². The molecule has 1 aromatic heterocycles. The molecule has 2 fully saturated rings. The number of carbonyl (C=O) groups excluding carboxylic acids is 6. The van der Waals surface area contributed by atoms with Crippen molar-refractivity contribution in [1.29, 1.82) is 0 Å². The number of nitrogens with zero attached hydrogens (tertiary/aromatic N) is 3. The number of likely N-dealkylation sites (tertiary alicyclic amines) is 1. The number of nitrogens with one attached hydrogen (secondary N) is 5. The van der Waals surface area contributed by atoms with Gasteiger partial charge in [-0.3, -0.25) is 43.9 Å². The van der Waals surface area contributed by atoms with Gasteiger partial charge in [-0.25, -0.2) is 4.98 Å². The first-order chi connectivity index (χ1) is 26.7. The van der Waals surface area contributed by atoms with Crippen LogP contribution in [0.3, 0.4) is 0 Å². The van der Waals surface area contributed by atoms with Crippen molar-refractivity contribution in [3.63, 3.8) is 0 Å². The number of imidazole rings is 1. The fourth-order valence-electron chi connectivity index (χ4n) is 7.58.